The lowest BCUT2D eigenvalue weighted by atomic mass is 10.1. The van der Waals surface area contributed by atoms with E-state index in [1.807, 2.05) is 0 Å². The second-order valence-corrected chi connectivity index (χ2v) is 12.4. The molecule has 0 heterocycles. The van der Waals surface area contributed by atoms with Gasteiger partial charge in [0.1, 0.15) is 12.6 Å². The average molecular weight is 665 g/mol. The van der Waals surface area contributed by atoms with Crippen molar-refractivity contribution in [1.29, 1.82) is 0 Å². The Balaban J connectivity index is 2.13. The van der Waals surface area contributed by atoms with Crippen LogP contribution in [0.15, 0.2) is 65.6 Å². The van der Waals surface area contributed by atoms with Crippen LogP contribution in [0.2, 0.25) is 15.1 Å². The quantitative estimate of drug-likeness (QED) is 0.261. The molecular weight excluding hydrogens is 638 g/mol. The number of nitrogens with zero attached hydrogens (tertiary/aromatic N) is 2. The first-order valence-corrected chi connectivity index (χ1v) is 15.1. The fraction of sp³-hybridized carbons (Fsp3) is 0.286. The molecule has 14 heteroatoms. The molecule has 1 atom stereocenters. The molecule has 0 aliphatic heterocycles. The fourth-order valence-corrected chi connectivity index (χ4v) is 5.94. The maximum Gasteiger partial charge on any atom is 0.417 e. The van der Waals surface area contributed by atoms with Crippen molar-refractivity contribution in [3.05, 3.63) is 92.4 Å². The summed E-state index contributed by atoms with van der Waals surface area (Å²) in [6, 6.07) is 11.6. The lowest BCUT2D eigenvalue weighted by Gasteiger charge is -2.32. The number of hydrogen-bond donors (Lipinski definition) is 1. The Labute approximate surface area is 257 Å². The van der Waals surface area contributed by atoms with Gasteiger partial charge in [0.05, 0.1) is 31.2 Å². The lowest BCUT2D eigenvalue weighted by Crippen LogP contribution is -2.51. The van der Waals surface area contributed by atoms with Crippen LogP contribution in [-0.4, -0.2) is 44.3 Å². The van der Waals surface area contributed by atoms with Gasteiger partial charge in [0.15, 0.2) is 0 Å². The van der Waals surface area contributed by atoms with E-state index in [-0.39, 0.29) is 28.0 Å². The maximum absolute atomic E-state index is 13.8. The molecule has 3 aromatic carbocycles. The first-order chi connectivity index (χ1) is 19.6. The monoisotopic (exact) mass is 663 g/mol. The van der Waals surface area contributed by atoms with Gasteiger partial charge in [-0.1, -0.05) is 58.6 Å². The molecule has 0 aliphatic carbocycles. The molecule has 0 radical (unpaired) electrons. The molecule has 3 aromatic rings. The summed E-state index contributed by atoms with van der Waals surface area (Å²) < 4.78 is 69.4. The third kappa shape index (κ3) is 7.89. The molecule has 2 amide bonds. The minimum atomic E-state index is -4.90. The molecule has 7 nitrogen and oxygen atoms in total. The standard InChI is InChI=1S/C28H27Cl3F3N3O4S/c1-4-35-27(39)18(3)36(15-19-7-11-24(30)25(31)13-19)26(38)16-37(42(40,41)21-9-5-17(2)6-10-21)20-8-12-23(29)22(14-20)28(32,33)34/h5-14,18H,4,15-16H2,1-3H3,(H,35,39)/t18-/m0/s1. The predicted molar refractivity (Wildman–Crippen MR) is 157 cm³/mol. The molecule has 3 rings (SSSR count). The fourth-order valence-electron chi connectivity index (χ4n) is 3.99. The topological polar surface area (TPSA) is 86.8 Å². The van der Waals surface area contributed by atoms with Crippen LogP contribution in [0.25, 0.3) is 0 Å². The normalized spacial score (nSPS) is 12.5. The van der Waals surface area contributed by atoms with Crippen molar-refractivity contribution in [2.45, 2.75) is 44.4 Å². The molecule has 0 saturated carbocycles. The molecule has 226 valence electrons. The van der Waals surface area contributed by atoms with E-state index in [9.17, 15) is 31.2 Å². The number of anilines is 1. The molecule has 1 N–H and O–H groups in total. The predicted octanol–water partition coefficient (Wildman–Crippen LogP) is 6.72. The molecule has 0 bridgehead atoms. The highest BCUT2D eigenvalue weighted by molar-refractivity contribution is 7.92. The van der Waals surface area contributed by atoms with Crippen molar-refractivity contribution in [2.24, 2.45) is 0 Å². The van der Waals surface area contributed by atoms with Crippen LogP contribution in [-0.2, 0) is 32.3 Å². The highest BCUT2D eigenvalue weighted by Gasteiger charge is 2.37. The summed E-state index contributed by atoms with van der Waals surface area (Å²) in [6.07, 6.45) is -4.90. The van der Waals surface area contributed by atoms with Crippen LogP contribution in [0.1, 0.15) is 30.5 Å². The minimum absolute atomic E-state index is 0.180. The van der Waals surface area contributed by atoms with Crippen molar-refractivity contribution in [1.82, 2.24) is 10.2 Å². The number of rotatable bonds is 10. The Morgan fingerprint density at radius 2 is 1.55 bits per heavy atom. The van der Waals surface area contributed by atoms with E-state index < -0.39 is 56.9 Å². The number of benzene rings is 3. The molecule has 0 fully saturated rings. The van der Waals surface area contributed by atoms with Gasteiger partial charge in [0.2, 0.25) is 11.8 Å². The van der Waals surface area contributed by atoms with Crippen molar-refractivity contribution >= 4 is 62.3 Å². The number of halogens is 6. The zero-order valence-electron chi connectivity index (χ0n) is 22.7. The van der Waals surface area contributed by atoms with Crippen molar-refractivity contribution in [2.75, 3.05) is 17.4 Å². The molecule has 0 aliphatic rings. The van der Waals surface area contributed by atoms with E-state index in [1.165, 1.54) is 43.3 Å². The molecule has 0 unspecified atom stereocenters. The van der Waals surface area contributed by atoms with Gasteiger partial charge in [-0.2, -0.15) is 13.2 Å². The summed E-state index contributed by atoms with van der Waals surface area (Å²) in [5, 5.41) is 2.42. The Bertz CT molecular complexity index is 1570. The largest absolute Gasteiger partial charge is 0.417 e. The second kappa shape index (κ2) is 13.5. The van der Waals surface area contributed by atoms with Gasteiger partial charge in [-0.15, -0.1) is 0 Å². The molecule has 0 saturated heterocycles. The number of nitrogens with one attached hydrogen (secondary N) is 1. The number of carbonyl (C=O) groups is 2. The summed E-state index contributed by atoms with van der Waals surface area (Å²) in [7, 11) is -4.58. The Hall–Kier alpha value is -2.99. The number of amides is 2. The van der Waals surface area contributed by atoms with Crippen LogP contribution in [0.4, 0.5) is 18.9 Å². The van der Waals surface area contributed by atoms with Gasteiger partial charge >= 0.3 is 6.18 Å². The van der Waals surface area contributed by atoms with Crippen LogP contribution >= 0.6 is 34.8 Å². The van der Waals surface area contributed by atoms with Crippen LogP contribution < -0.4 is 9.62 Å². The molecular formula is C28H27Cl3F3N3O4S. The number of alkyl halides is 3. The summed E-state index contributed by atoms with van der Waals surface area (Å²) in [5.74, 6) is -1.39. The smallest absolute Gasteiger partial charge is 0.355 e. The first-order valence-electron chi connectivity index (χ1n) is 12.5. The van der Waals surface area contributed by atoms with Gasteiger partial charge < -0.3 is 10.2 Å². The Morgan fingerprint density at radius 3 is 2.12 bits per heavy atom. The maximum atomic E-state index is 13.8. The highest BCUT2D eigenvalue weighted by atomic mass is 35.5. The second-order valence-electron chi connectivity index (χ2n) is 9.33. The van der Waals surface area contributed by atoms with Crippen LogP contribution in [0.5, 0.6) is 0 Å². The van der Waals surface area contributed by atoms with E-state index >= 15 is 0 Å². The van der Waals surface area contributed by atoms with Gasteiger partial charge in [-0.05, 0) is 68.8 Å². The van der Waals surface area contributed by atoms with E-state index in [0.29, 0.717) is 15.9 Å². The number of sulfonamides is 1. The van der Waals surface area contributed by atoms with E-state index in [0.717, 1.165) is 22.6 Å². The number of carbonyl (C=O) groups excluding carboxylic acids is 2. The van der Waals surface area contributed by atoms with Crippen molar-refractivity contribution < 1.29 is 31.2 Å². The average Bonchev–Trinajstić information content (AvgIpc) is 2.92. The van der Waals surface area contributed by atoms with Gasteiger partial charge in [-0.3, -0.25) is 13.9 Å². The van der Waals surface area contributed by atoms with E-state index in [4.69, 9.17) is 34.8 Å². The first kappa shape index (κ1) is 33.5. The molecule has 0 aromatic heterocycles. The summed E-state index contributed by atoms with van der Waals surface area (Å²) in [4.78, 5) is 27.5. The van der Waals surface area contributed by atoms with Crippen LogP contribution in [0, 0.1) is 6.92 Å². The zero-order chi connectivity index (χ0) is 31.4. The highest BCUT2D eigenvalue weighted by Crippen LogP contribution is 2.38. The summed E-state index contributed by atoms with van der Waals surface area (Å²) in [5.41, 5.74) is -0.499. The Kier molecular flexibility index (Phi) is 10.8. The van der Waals surface area contributed by atoms with Crippen molar-refractivity contribution in [3.8, 4) is 0 Å². The molecule has 0 spiro atoms. The summed E-state index contributed by atoms with van der Waals surface area (Å²) in [6.45, 7) is 4.02. The number of likely N-dealkylation sites (N-methyl/N-ethyl adjacent to an activating group) is 1. The van der Waals surface area contributed by atoms with E-state index in [1.54, 1.807) is 19.9 Å². The minimum Gasteiger partial charge on any atom is -0.355 e. The number of hydrogen-bond acceptors (Lipinski definition) is 4. The third-order valence-electron chi connectivity index (χ3n) is 6.29. The number of aryl methyl sites for hydroxylation is 1. The van der Waals surface area contributed by atoms with Gasteiger partial charge in [0.25, 0.3) is 10.0 Å². The lowest BCUT2D eigenvalue weighted by molar-refractivity contribution is -0.139. The molecule has 42 heavy (non-hydrogen) atoms. The van der Waals surface area contributed by atoms with Gasteiger partial charge in [0, 0.05) is 13.1 Å². The SMILES string of the molecule is CCNC(=O)[C@H](C)N(Cc1ccc(Cl)c(Cl)c1)C(=O)CN(c1ccc(Cl)c(C(F)(F)F)c1)S(=O)(=O)c1ccc(C)cc1. The van der Waals surface area contributed by atoms with Gasteiger partial charge in [-0.25, -0.2) is 8.42 Å². The van der Waals surface area contributed by atoms with Crippen LogP contribution in [0.3, 0.4) is 0 Å². The third-order valence-corrected chi connectivity index (χ3v) is 9.14. The summed E-state index contributed by atoms with van der Waals surface area (Å²) >= 11 is 17.9. The van der Waals surface area contributed by atoms with Crippen molar-refractivity contribution in [3.63, 3.8) is 0 Å². The Morgan fingerprint density at radius 1 is 0.929 bits per heavy atom. The van der Waals surface area contributed by atoms with E-state index in [2.05, 4.69) is 5.32 Å². The zero-order valence-corrected chi connectivity index (χ0v) is 25.8.